The van der Waals surface area contributed by atoms with E-state index in [1.807, 2.05) is 42.5 Å². The molecule has 1 heterocycles. The van der Waals surface area contributed by atoms with Gasteiger partial charge in [0.25, 0.3) is 5.12 Å². The quantitative estimate of drug-likeness (QED) is 0.444. The third-order valence-electron chi connectivity index (χ3n) is 3.08. The van der Waals surface area contributed by atoms with Crippen LogP contribution in [0.4, 0.5) is 0 Å². The molecule has 6 heteroatoms. The molecule has 1 aromatic heterocycles. The Morgan fingerprint density at radius 3 is 2.04 bits per heavy atom. The molecule has 0 N–H and O–H groups in total. The van der Waals surface area contributed by atoms with Crippen molar-refractivity contribution in [2.24, 2.45) is 0 Å². The number of rotatable bonds is 5. The van der Waals surface area contributed by atoms with Gasteiger partial charge in [0, 0.05) is 19.8 Å². The predicted molar refractivity (Wildman–Crippen MR) is 101 cm³/mol. The Labute approximate surface area is 158 Å². The SMILES string of the molecule is O=C(Sc1ccc(Cl)cc1)c1ccc(CSc2ccc(Cl)cc2)o1. The molecule has 0 atom stereocenters. The fraction of sp³-hybridized carbons (Fsp3) is 0.0556. The van der Waals surface area contributed by atoms with Gasteiger partial charge in [0.15, 0.2) is 5.76 Å². The molecule has 0 saturated carbocycles. The van der Waals surface area contributed by atoms with Crippen LogP contribution in [0.15, 0.2) is 74.9 Å². The number of carbonyl (C=O) groups excluding carboxylic acids is 1. The largest absolute Gasteiger partial charge is 0.456 e. The number of hydrogen-bond donors (Lipinski definition) is 0. The summed E-state index contributed by atoms with van der Waals surface area (Å²) < 4.78 is 5.64. The Kier molecular flexibility index (Phi) is 5.95. The van der Waals surface area contributed by atoms with Crippen LogP contribution in [0.2, 0.25) is 10.0 Å². The van der Waals surface area contributed by atoms with Gasteiger partial charge in [-0.2, -0.15) is 0 Å². The first kappa shape index (κ1) is 17.5. The van der Waals surface area contributed by atoms with E-state index in [0.29, 0.717) is 21.6 Å². The zero-order chi connectivity index (χ0) is 16.9. The molecular formula is C18H12Cl2O2S2. The summed E-state index contributed by atoms with van der Waals surface area (Å²) in [6, 6.07) is 18.3. The second-order valence-electron chi connectivity index (χ2n) is 4.85. The minimum Gasteiger partial charge on any atom is -0.456 e. The Bertz CT molecular complexity index is 827. The maximum absolute atomic E-state index is 12.2. The number of thioether (sulfide) groups is 2. The van der Waals surface area contributed by atoms with Crippen molar-refractivity contribution in [1.29, 1.82) is 0 Å². The summed E-state index contributed by atoms with van der Waals surface area (Å²) in [5.74, 6) is 1.76. The number of furan rings is 1. The summed E-state index contributed by atoms with van der Waals surface area (Å²) in [6.07, 6.45) is 0. The highest BCUT2D eigenvalue weighted by atomic mass is 35.5. The standard InChI is InChI=1S/C18H12Cl2O2S2/c19-12-1-6-15(7-2-12)23-11-14-5-10-17(22-14)18(21)24-16-8-3-13(20)4-9-16/h1-10H,11H2. The molecule has 0 unspecified atom stereocenters. The lowest BCUT2D eigenvalue weighted by atomic mass is 10.4. The molecule has 0 saturated heterocycles. The zero-order valence-electron chi connectivity index (χ0n) is 12.4. The van der Waals surface area contributed by atoms with Gasteiger partial charge in [0.05, 0.1) is 5.75 Å². The van der Waals surface area contributed by atoms with Gasteiger partial charge in [-0.1, -0.05) is 23.2 Å². The molecule has 0 radical (unpaired) electrons. The Hall–Kier alpha value is -1.33. The lowest BCUT2D eigenvalue weighted by Gasteiger charge is -2.00. The van der Waals surface area contributed by atoms with E-state index in [4.69, 9.17) is 27.6 Å². The molecule has 0 aliphatic heterocycles. The van der Waals surface area contributed by atoms with Crippen molar-refractivity contribution in [3.05, 3.63) is 82.2 Å². The summed E-state index contributed by atoms with van der Waals surface area (Å²) in [6.45, 7) is 0. The summed E-state index contributed by atoms with van der Waals surface area (Å²) in [5, 5.41) is 1.23. The van der Waals surface area contributed by atoms with E-state index < -0.39 is 0 Å². The van der Waals surface area contributed by atoms with E-state index in [1.54, 1.807) is 30.0 Å². The topological polar surface area (TPSA) is 30.2 Å². The first-order valence-electron chi connectivity index (χ1n) is 7.05. The highest BCUT2D eigenvalue weighted by Crippen LogP contribution is 2.28. The smallest absolute Gasteiger partial charge is 0.259 e. The zero-order valence-corrected chi connectivity index (χ0v) is 15.5. The van der Waals surface area contributed by atoms with Gasteiger partial charge in [-0.3, -0.25) is 4.79 Å². The van der Waals surface area contributed by atoms with Gasteiger partial charge in [-0.15, -0.1) is 11.8 Å². The molecule has 0 aliphatic carbocycles. The maximum Gasteiger partial charge on any atom is 0.259 e. The monoisotopic (exact) mass is 394 g/mol. The third kappa shape index (κ3) is 4.84. The van der Waals surface area contributed by atoms with Crippen LogP contribution in [-0.2, 0) is 5.75 Å². The molecule has 2 nitrogen and oxygen atoms in total. The molecule has 0 spiro atoms. The van der Waals surface area contributed by atoms with Crippen molar-refractivity contribution in [3.8, 4) is 0 Å². The van der Waals surface area contributed by atoms with Crippen molar-refractivity contribution in [2.45, 2.75) is 15.5 Å². The lowest BCUT2D eigenvalue weighted by molar-refractivity contribution is 0.106. The fourth-order valence-electron chi connectivity index (χ4n) is 1.91. The first-order chi connectivity index (χ1) is 11.6. The molecule has 3 rings (SSSR count). The summed E-state index contributed by atoms with van der Waals surface area (Å²) >= 11 is 14.5. The highest BCUT2D eigenvalue weighted by Gasteiger charge is 2.13. The van der Waals surface area contributed by atoms with E-state index in [9.17, 15) is 4.79 Å². The van der Waals surface area contributed by atoms with Gasteiger partial charge in [0.1, 0.15) is 5.76 Å². The van der Waals surface area contributed by atoms with Crippen LogP contribution in [0.25, 0.3) is 0 Å². The molecule has 3 aromatic rings. The van der Waals surface area contributed by atoms with Crippen LogP contribution >= 0.6 is 46.7 Å². The van der Waals surface area contributed by atoms with Crippen molar-refractivity contribution in [3.63, 3.8) is 0 Å². The molecule has 0 aliphatic rings. The van der Waals surface area contributed by atoms with E-state index in [1.165, 1.54) is 0 Å². The van der Waals surface area contributed by atoms with E-state index >= 15 is 0 Å². The number of halogens is 2. The van der Waals surface area contributed by atoms with E-state index in [0.717, 1.165) is 27.3 Å². The molecule has 0 fully saturated rings. The van der Waals surface area contributed by atoms with Crippen LogP contribution in [0.5, 0.6) is 0 Å². The fourth-order valence-corrected chi connectivity index (χ4v) is 3.65. The summed E-state index contributed by atoms with van der Waals surface area (Å²) in [7, 11) is 0. The minimum absolute atomic E-state index is 0.125. The molecule has 2 aromatic carbocycles. The molecular weight excluding hydrogens is 383 g/mol. The second-order valence-corrected chi connectivity index (χ2v) is 7.82. The van der Waals surface area contributed by atoms with Gasteiger partial charge >= 0.3 is 0 Å². The van der Waals surface area contributed by atoms with Crippen LogP contribution in [-0.4, -0.2) is 5.12 Å². The summed E-state index contributed by atoms with van der Waals surface area (Å²) in [4.78, 5) is 14.2. The molecule has 24 heavy (non-hydrogen) atoms. The molecule has 0 amide bonds. The Morgan fingerprint density at radius 2 is 1.42 bits per heavy atom. The van der Waals surface area contributed by atoms with Crippen molar-refractivity contribution in [1.82, 2.24) is 0 Å². The second kappa shape index (κ2) is 8.17. The molecule has 122 valence electrons. The number of hydrogen-bond acceptors (Lipinski definition) is 4. The average molecular weight is 395 g/mol. The van der Waals surface area contributed by atoms with Crippen molar-refractivity contribution < 1.29 is 9.21 Å². The third-order valence-corrected chi connectivity index (χ3v) is 5.51. The van der Waals surface area contributed by atoms with Crippen LogP contribution in [0.3, 0.4) is 0 Å². The first-order valence-corrected chi connectivity index (χ1v) is 9.61. The maximum atomic E-state index is 12.2. The van der Waals surface area contributed by atoms with Gasteiger partial charge in [-0.25, -0.2) is 0 Å². The van der Waals surface area contributed by atoms with Crippen molar-refractivity contribution >= 4 is 51.8 Å². The Morgan fingerprint density at radius 1 is 0.833 bits per heavy atom. The summed E-state index contributed by atoms with van der Waals surface area (Å²) in [5.41, 5.74) is 0. The minimum atomic E-state index is -0.125. The number of carbonyl (C=O) groups is 1. The normalized spacial score (nSPS) is 10.8. The lowest BCUT2D eigenvalue weighted by Crippen LogP contribution is -1.90. The van der Waals surface area contributed by atoms with E-state index in [2.05, 4.69) is 0 Å². The van der Waals surface area contributed by atoms with E-state index in [-0.39, 0.29) is 5.12 Å². The van der Waals surface area contributed by atoms with Gasteiger partial charge in [-0.05, 0) is 72.4 Å². The highest BCUT2D eigenvalue weighted by molar-refractivity contribution is 8.14. The van der Waals surface area contributed by atoms with Crippen LogP contribution in [0.1, 0.15) is 16.3 Å². The Balaban J connectivity index is 1.59. The van der Waals surface area contributed by atoms with Gasteiger partial charge < -0.3 is 4.42 Å². The number of benzene rings is 2. The predicted octanol–water partition coefficient (Wildman–Crippen LogP) is 6.81. The van der Waals surface area contributed by atoms with Crippen LogP contribution < -0.4 is 0 Å². The van der Waals surface area contributed by atoms with Crippen molar-refractivity contribution in [2.75, 3.05) is 0 Å². The average Bonchev–Trinajstić information content (AvgIpc) is 3.06. The molecule has 0 bridgehead atoms. The van der Waals surface area contributed by atoms with Gasteiger partial charge in [0.2, 0.25) is 0 Å². The van der Waals surface area contributed by atoms with Crippen LogP contribution in [0, 0.1) is 0 Å².